The topological polar surface area (TPSA) is 41.8 Å². The molecule has 3 rings (SSSR count). The Kier molecular flexibility index (Phi) is 2.52. The lowest BCUT2D eigenvalue weighted by atomic mass is 10.1. The van der Waals surface area contributed by atoms with Crippen LogP contribution >= 0.6 is 15.9 Å². The molecule has 0 saturated carbocycles. The predicted molar refractivity (Wildman–Crippen MR) is 70.5 cm³/mol. The molecule has 0 amide bonds. The molecule has 1 heterocycles. The highest BCUT2D eigenvalue weighted by molar-refractivity contribution is 9.10. The molecule has 1 aromatic carbocycles. The van der Waals surface area contributed by atoms with Gasteiger partial charge in [-0.05, 0) is 43.0 Å². The van der Waals surface area contributed by atoms with E-state index in [9.17, 15) is 0 Å². The third-order valence-corrected chi connectivity index (χ3v) is 3.96. The van der Waals surface area contributed by atoms with Crippen molar-refractivity contribution in [3.8, 4) is 0 Å². The van der Waals surface area contributed by atoms with E-state index in [0.717, 1.165) is 17.3 Å². The average Bonchev–Trinajstić information content (AvgIpc) is 2.52. The molecule has 3 N–H and O–H groups in total. The van der Waals surface area contributed by atoms with Gasteiger partial charge in [-0.1, -0.05) is 22.4 Å². The van der Waals surface area contributed by atoms with Crippen LogP contribution in [0.15, 0.2) is 22.7 Å². The second-order valence-electron chi connectivity index (χ2n) is 4.56. The number of fused-ring (bicyclic) bond motifs is 3. The average molecular weight is 279 g/mol. The first-order valence-electron chi connectivity index (χ1n) is 5.81. The minimum Gasteiger partial charge on any atom is -0.357 e. The Labute approximate surface area is 103 Å². The molecule has 0 bridgehead atoms. The van der Waals surface area contributed by atoms with Crippen LogP contribution in [0, 0.1) is 0 Å². The molecular formula is C13H15BrN2. The summed E-state index contributed by atoms with van der Waals surface area (Å²) in [6, 6.07) is 6.58. The molecule has 0 fully saturated rings. The van der Waals surface area contributed by atoms with Gasteiger partial charge in [0.25, 0.3) is 0 Å². The van der Waals surface area contributed by atoms with Crippen molar-refractivity contribution >= 4 is 26.8 Å². The van der Waals surface area contributed by atoms with Crippen molar-refractivity contribution in [2.75, 3.05) is 0 Å². The van der Waals surface area contributed by atoms with E-state index in [2.05, 4.69) is 39.1 Å². The van der Waals surface area contributed by atoms with Gasteiger partial charge in [0.1, 0.15) is 0 Å². The van der Waals surface area contributed by atoms with Gasteiger partial charge in [-0.2, -0.15) is 0 Å². The SMILES string of the molecule is NC1CCCCc2c1[nH]c1ccc(Br)cc21. The summed E-state index contributed by atoms with van der Waals surface area (Å²) in [4.78, 5) is 3.49. The fraction of sp³-hybridized carbons (Fsp3) is 0.385. The molecule has 1 unspecified atom stereocenters. The van der Waals surface area contributed by atoms with E-state index >= 15 is 0 Å². The van der Waals surface area contributed by atoms with Crippen molar-refractivity contribution in [2.24, 2.45) is 5.73 Å². The number of aromatic amines is 1. The van der Waals surface area contributed by atoms with E-state index in [0.29, 0.717) is 0 Å². The van der Waals surface area contributed by atoms with Crippen molar-refractivity contribution in [1.29, 1.82) is 0 Å². The van der Waals surface area contributed by atoms with E-state index in [-0.39, 0.29) is 6.04 Å². The van der Waals surface area contributed by atoms with Crippen LogP contribution in [0.25, 0.3) is 10.9 Å². The van der Waals surface area contributed by atoms with Gasteiger partial charge in [0.15, 0.2) is 0 Å². The van der Waals surface area contributed by atoms with Crippen LogP contribution in [0.1, 0.15) is 36.6 Å². The van der Waals surface area contributed by atoms with E-state index in [1.165, 1.54) is 35.0 Å². The number of nitrogens with two attached hydrogens (primary N) is 1. The number of aryl methyl sites for hydroxylation is 1. The summed E-state index contributed by atoms with van der Waals surface area (Å²) in [5, 5.41) is 1.33. The zero-order valence-corrected chi connectivity index (χ0v) is 10.7. The first-order chi connectivity index (χ1) is 7.75. The highest BCUT2D eigenvalue weighted by atomic mass is 79.9. The van der Waals surface area contributed by atoms with Crippen LogP contribution in [0.3, 0.4) is 0 Å². The maximum atomic E-state index is 6.21. The Morgan fingerprint density at radius 1 is 1.31 bits per heavy atom. The summed E-state index contributed by atoms with van der Waals surface area (Å²) in [5.74, 6) is 0. The molecule has 1 aliphatic rings. The van der Waals surface area contributed by atoms with Gasteiger partial charge in [-0.15, -0.1) is 0 Å². The molecule has 0 radical (unpaired) electrons. The summed E-state index contributed by atoms with van der Waals surface area (Å²) in [6.07, 6.45) is 4.74. The number of aromatic nitrogens is 1. The number of rotatable bonds is 0. The molecule has 2 aromatic rings. The van der Waals surface area contributed by atoms with Gasteiger partial charge in [0, 0.05) is 27.1 Å². The zero-order valence-electron chi connectivity index (χ0n) is 9.09. The Morgan fingerprint density at radius 3 is 3.06 bits per heavy atom. The van der Waals surface area contributed by atoms with Crippen LogP contribution < -0.4 is 5.73 Å². The third kappa shape index (κ3) is 1.59. The molecule has 1 aliphatic carbocycles. The highest BCUT2D eigenvalue weighted by Gasteiger charge is 2.19. The second-order valence-corrected chi connectivity index (χ2v) is 5.48. The van der Waals surface area contributed by atoms with Gasteiger partial charge in [-0.3, -0.25) is 0 Å². The molecule has 16 heavy (non-hydrogen) atoms. The molecule has 1 aromatic heterocycles. The van der Waals surface area contributed by atoms with Crippen LogP contribution in [0.4, 0.5) is 0 Å². The molecule has 0 aliphatic heterocycles. The Morgan fingerprint density at radius 2 is 2.19 bits per heavy atom. The first kappa shape index (κ1) is 10.4. The summed E-state index contributed by atoms with van der Waals surface area (Å²) in [6.45, 7) is 0. The van der Waals surface area contributed by atoms with Gasteiger partial charge >= 0.3 is 0 Å². The summed E-state index contributed by atoms with van der Waals surface area (Å²) < 4.78 is 1.14. The minimum absolute atomic E-state index is 0.184. The number of hydrogen-bond donors (Lipinski definition) is 2. The van der Waals surface area contributed by atoms with Gasteiger partial charge < -0.3 is 10.7 Å². The smallest absolute Gasteiger partial charge is 0.0460 e. The maximum absolute atomic E-state index is 6.21. The first-order valence-corrected chi connectivity index (χ1v) is 6.60. The standard InChI is InChI=1S/C13H15BrN2/c14-8-5-6-12-10(7-8)9-3-1-2-4-11(15)13(9)16-12/h5-7,11,16H,1-4,15H2. The predicted octanol–water partition coefficient (Wildman–Crippen LogP) is 3.66. The third-order valence-electron chi connectivity index (χ3n) is 3.46. The normalized spacial score (nSPS) is 20.8. The number of hydrogen-bond acceptors (Lipinski definition) is 1. The lowest BCUT2D eigenvalue weighted by molar-refractivity contribution is 0.606. The highest BCUT2D eigenvalue weighted by Crippen LogP contribution is 2.33. The minimum atomic E-state index is 0.184. The van der Waals surface area contributed by atoms with Crippen molar-refractivity contribution in [1.82, 2.24) is 4.98 Å². The lowest BCUT2D eigenvalue weighted by Crippen LogP contribution is -2.10. The van der Waals surface area contributed by atoms with E-state index in [1.54, 1.807) is 0 Å². The molecule has 84 valence electrons. The molecule has 1 atom stereocenters. The fourth-order valence-corrected chi connectivity index (χ4v) is 3.00. The summed E-state index contributed by atoms with van der Waals surface area (Å²) >= 11 is 3.53. The molecule has 0 spiro atoms. The van der Waals surface area contributed by atoms with Gasteiger partial charge in [-0.25, -0.2) is 0 Å². The van der Waals surface area contributed by atoms with Gasteiger partial charge in [0.2, 0.25) is 0 Å². The van der Waals surface area contributed by atoms with E-state index in [4.69, 9.17) is 5.73 Å². The van der Waals surface area contributed by atoms with Crippen LogP contribution in [-0.2, 0) is 6.42 Å². The zero-order chi connectivity index (χ0) is 11.1. The quantitative estimate of drug-likeness (QED) is 0.710. The van der Waals surface area contributed by atoms with E-state index in [1.807, 2.05) is 0 Å². The monoisotopic (exact) mass is 278 g/mol. The number of H-pyrrole nitrogens is 1. The van der Waals surface area contributed by atoms with Crippen LogP contribution in [0.5, 0.6) is 0 Å². The van der Waals surface area contributed by atoms with Crippen molar-refractivity contribution in [2.45, 2.75) is 31.7 Å². The maximum Gasteiger partial charge on any atom is 0.0460 e. The number of halogens is 1. The summed E-state index contributed by atoms with van der Waals surface area (Å²) in [5.41, 5.74) is 10.1. The van der Waals surface area contributed by atoms with Crippen molar-refractivity contribution in [3.63, 3.8) is 0 Å². The number of nitrogens with one attached hydrogen (secondary N) is 1. The summed E-state index contributed by atoms with van der Waals surface area (Å²) in [7, 11) is 0. The Hall–Kier alpha value is -0.800. The second kappa shape index (κ2) is 3.90. The molecule has 0 saturated heterocycles. The van der Waals surface area contributed by atoms with E-state index < -0.39 is 0 Å². The molecule has 2 nitrogen and oxygen atoms in total. The fourth-order valence-electron chi connectivity index (χ4n) is 2.64. The lowest BCUT2D eigenvalue weighted by Gasteiger charge is -2.07. The van der Waals surface area contributed by atoms with Crippen LogP contribution in [-0.4, -0.2) is 4.98 Å². The Bertz CT molecular complexity index is 530. The largest absolute Gasteiger partial charge is 0.357 e. The van der Waals surface area contributed by atoms with Crippen molar-refractivity contribution < 1.29 is 0 Å². The molecule has 3 heteroatoms. The molecular weight excluding hydrogens is 264 g/mol. The number of benzene rings is 1. The Balaban J connectivity index is 2.26. The van der Waals surface area contributed by atoms with Crippen molar-refractivity contribution in [3.05, 3.63) is 33.9 Å². The van der Waals surface area contributed by atoms with Gasteiger partial charge in [0.05, 0.1) is 0 Å². The van der Waals surface area contributed by atoms with Crippen LogP contribution in [0.2, 0.25) is 0 Å².